The first-order valence-corrected chi connectivity index (χ1v) is 7.13. The summed E-state index contributed by atoms with van der Waals surface area (Å²) in [5.74, 6) is 0.837. The van der Waals surface area contributed by atoms with E-state index in [1.54, 1.807) is 0 Å². The molecule has 0 aliphatic rings. The van der Waals surface area contributed by atoms with Crippen LogP contribution < -0.4 is 10.5 Å². The standard InChI is InChI=1S/C14H13Br2NO/c15-12-3-1-10(2-4-12)9-18-14-6-5-13(16)7-11(14)8-17/h1-7H,8-9,17H2. The predicted molar refractivity (Wildman–Crippen MR) is 80.5 cm³/mol. The lowest BCUT2D eigenvalue weighted by Crippen LogP contribution is -2.02. The normalized spacial score (nSPS) is 10.4. The Bertz CT molecular complexity index is 526. The van der Waals surface area contributed by atoms with Crippen LogP contribution in [-0.4, -0.2) is 0 Å². The highest BCUT2D eigenvalue weighted by molar-refractivity contribution is 9.10. The van der Waals surface area contributed by atoms with E-state index < -0.39 is 0 Å². The van der Waals surface area contributed by atoms with E-state index in [1.165, 1.54) is 0 Å². The second-order valence-corrected chi connectivity index (χ2v) is 5.70. The Morgan fingerprint density at radius 2 is 1.61 bits per heavy atom. The van der Waals surface area contributed by atoms with Gasteiger partial charge in [-0.1, -0.05) is 44.0 Å². The summed E-state index contributed by atoms with van der Waals surface area (Å²) >= 11 is 6.83. The molecule has 0 spiro atoms. The number of hydrogen-bond donors (Lipinski definition) is 1. The number of halogens is 2. The van der Waals surface area contributed by atoms with Gasteiger partial charge in [-0.3, -0.25) is 0 Å². The van der Waals surface area contributed by atoms with Gasteiger partial charge >= 0.3 is 0 Å². The molecule has 0 aliphatic carbocycles. The summed E-state index contributed by atoms with van der Waals surface area (Å²) in [5.41, 5.74) is 7.83. The Kier molecular flexibility index (Phi) is 4.80. The maximum Gasteiger partial charge on any atom is 0.124 e. The van der Waals surface area contributed by atoms with Gasteiger partial charge in [-0.05, 0) is 35.9 Å². The minimum absolute atomic E-state index is 0.467. The molecule has 18 heavy (non-hydrogen) atoms. The number of benzene rings is 2. The molecule has 0 saturated carbocycles. The molecule has 0 atom stereocenters. The summed E-state index contributed by atoms with van der Waals surface area (Å²) in [5, 5.41) is 0. The average molecular weight is 371 g/mol. The third-order valence-corrected chi connectivity index (χ3v) is 3.57. The lowest BCUT2D eigenvalue weighted by Gasteiger charge is -2.11. The lowest BCUT2D eigenvalue weighted by atomic mass is 10.2. The van der Waals surface area contributed by atoms with E-state index in [1.807, 2.05) is 42.5 Å². The molecule has 0 radical (unpaired) electrons. The highest BCUT2D eigenvalue weighted by Gasteiger charge is 2.03. The molecular weight excluding hydrogens is 358 g/mol. The van der Waals surface area contributed by atoms with E-state index in [0.717, 1.165) is 25.8 Å². The molecule has 94 valence electrons. The molecule has 0 saturated heterocycles. The van der Waals surface area contributed by atoms with E-state index in [-0.39, 0.29) is 0 Å². The van der Waals surface area contributed by atoms with Gasteiger partial charge < -0.3 is 10.5 Å². The molecule has 2 N–H and O–H groups in total. The SMILES string of the molecule is NCc1cc(Br)ccc1OCc1ccc(Br)cc1. The summed E-state index contributed by atoms with van der Waals surface area (Å²) in [6.45, 7) is 1.01. The fourth-order valence-corrected chi connectivity index (χ4v) is 2.26. The Balaban J connectivity index is 2.08. The van der Waals surface area contributed by atoms with Gasteiger partial charge in [0, 0.05) is 21.1 Å². The summed E-state index contributed by atoms with van der Waals surface area (Å²) in [6.07, 6.45) is 0. The smallest absolute Gasteiger partial charge is 0.124 e. The summed E-state index contributed by atoms with van der Waals surface area (Å²) in [7, 11) is 0. The molecule has 0 heterocycles. The largest absolute Gasteiger partial charge is 0.489 e. The van der Waals surface area contributed by atoms with Crippen molar-refractivity contribution in [2.24, 2.45) is 5.73 Å². The molecule has 4 heteroatoms. The Labute approximate surface area is 123 Å². The van der Waals surface area contributed by atoms with Gasteiger partial charge in [0.25, 0.3) is 0 Å². The van der Waals surface area contributed by atoms with E-state index >= 15 is 0 Å². The molecule has 0 bridgehead atoms. The monoisotopic (exact) mass is 369 g/mol. The van der Waals surface area contributed by atoms with Gasteiger partial charge in [0.15, 0.2) is 0 Å². The molecule has 0 aliphatic heterocycles. The summed E-state index contributed by atoms with van der Waals surface area (Å²) in [4.78, 5) is 0. The third-order valence-electron chi connectivity index (χ3n) is 2.55. The second kappa shape index (κ2) is 6.36. The number of ether oxygens (including phenoxy) is 1. The van der Waals surface area contributed by atoms with Crippen molar-refractivity contribution in [2.75, 3.05) is 0 Å². The molecule has 2 aromatic rings. The average Bonchev–Trinajstić information content (AvgIpc) is 2.39. The van der Waals surface area contributed by atoms with Crippen molar-refractivity contribution in [3.8, 4) is 5.75 Å². The van der Waals surface area contributed by atoms with Gasteiger partial charge in [0.05, 0.1) is 0 Å². The maximum absolute atomic E-state index is 5.79. The zero-order chi connectivity index (χ0) is 13.0. The van der Waals surface area contributed by atoms with Crippen LogP contribution in [0, 0.1) is 0 Å². The minimum Gasteiger partial charge on any atom is -0.489 e. The van der Waals surface area contributed by atoms with Crippen LogP contribution in [0.1, 0.15) is 11.1 Å². The first-order chi connectivity index (χ1) is 8.69. The van der Waals surface area contributed by atoms with E-state index in [2.05, 4.69) is 31.9 Å². The highest BCUT2D eigenvalue weighted by Crippen LogP contribution is 2.23. The van der Waals surface area contributed by atoms with Crippen LogP contribution in [0.25, 0.3) is 0 Å². The zero-order valence-electron chi connectivity index (χ0n) is 9.70. The topological polar surface area (TPSA) is 35.2 Å². The lowest BCUT2D eigenvalue weighted by molar-refractivity contribution is 0.303. The van der Waals surface area contributed by atoms with Gasteiger partial charge in [-0.2, -0.15) is 0 Å². The Morgan fingerprint density at radius 1 is 0.944 bits per heavy atom. The third kappa shape index (κ3) is 3.57. The molecule has 0 fully saturated rings. The highest BCUT2D eigenvalue weighted by atomic mass is 79.9. The van der Waals surface area contributed by atoms with E-state index in [4.69, 9.17) is 10.5 Å². The van der Waals surface area contributed by atoms with Crippen molar-refractivity contribution in [1.29, 1.82) is 0 Å². The fourth-order valence-electron chi connectivity index (χ4n) is 1.59. The van der Waals surface area contributed by atoms with Crippen molar-refractivity contribution < 1.29 is 4.74 Å². The van der Waals surface area contributed by atoms with Crippen LogP contribution in [0.2, 0.25) is 0 Å². The fraction of sp³-hybridized carbons (Fsp3) is 0.143. The van der Waals surface area contributed by atoms with Crippen LogP contribution in [0.3, 0.4) is 0 Å². The van der Waals surface area contributed by atoms with Gasteiger partial charge in [0.1, 0.15) is 12.4 Å². The van der Waals surface area contributed by atoms with Crippen LogP contribution in [0.5, 0.6) is 5.75 Å². The quantitative estimate of drug-likeness (QED) is 0.873. The maximum atomic E-state index is 5.79. The van der Waals surface area contributed by atoms with Crippen molar-refractivity contribution in [1.82, 2.24) is 0 Å². The molecular formula is C14H13Br2NO. The van der Waals surface area contributed by atoms with E-state index in [9.17, 15) is 0 Å². The van der Waals surface area contributed by atoms with Crippen molar-refractivity contribution in [3.63, 3.8) is 0 Å². The molecule has 0 amide bonds. The van der Waals surface area contributed by atoms with E-state index in [0.29, 0.717) is 13.2 Å². The van der Waals surface area contributed by atoms with Crippen LogP contribution in [-0.2, 0) is 13.2 Å². The van der Waals surface area contributed by atoms with Gasteiger partial charge in [0.2, 0.25) is 0 Å². The van der Waals surface area contributed by atoms with Crippen molar-refractivity contribution >= 4 is 31.9 Å². The number of rotatable bonds is 4. The van der Waals surface area contributed by atoms with Crippen molar-refractivity contribution in [3.05, 3.63) is 62.5 Å². The molecule has 2 nitrogen and oxygen atoms in total. The van der Waals surface area contributed by atoms with Crippen LogP contribution >= 0.6 is 31.9 Å². The summed E-state index contributed by atoms with van der Waals surface area (Å²) < 4.78 is 7.87. The van der Waals surface area contributed by atoms with Crippen LogP contribution in [0.15, 0.2) is 51.4 Å². The minimum atomic E-state index is 0.467. The summed E-state index contributed by atoms with van der Waals surface area (Å²) in [6, 6.07) is 13.9. The predicted octanol–water partition coefficient (Wildman–Crippen LogP) is 4.25. The zero-order valence-corrected chi connectivity index (χ0v) is 12.9. The molecule has 2 aromatic carbocycles. The number of nitrogens with two attached hydrogens (primary N) is 1. The molecule has 0 unspecified atom stereocenters. The van der Waals surface area contributed by atoms with Gasteiger partial charge in [-0.25, -0.2) is 0 Å². The Hall–Kier alpha value is -0.840. The number of hydrogen-bond acceptors (Lipinski definition) is 2. The Morgan fingerprint density at radius 3 is 2.28 bits per heavy atom. The first kappa shape index (κ1) is 13.6. The van der Waals surface area contributed by atoms with Gasteiger partial charge in [-0.15, -0.1) is 0 Å². The van der Waals surface area contributed by atoms with Crippen LogP contribution in [0.4, 0.5) is 0 Å². The molecule has 0 aromatic heterocycles. The second-order valence-electron chi connectivity index (χ2n) is 3.87. The van der Waals surface area contributed by atoms with Crippen molar-refractivity contribution in [2.45, 2.75) is 13.2 Å². The molecule has 2 rings (SSSR count). The first-order valence-electron chi connectivity index (χ1n) is 5.55.